The van der Waals surface area contributed by atoms with E-state index in [1.54, 1.807) is 0 Å². The molecule has 0 saturated heterocycles. The maximum Gasteiger partial charge on any atom is 0.375 e. The van der Waals surface area contributed by atoms with Crippen molar-refractivity contribution in [3.63, 3.8) is 0 Å². The first-order valence-corrected chi connectivity index (χ1v) is 8.23. The van der Waals surface area contributed by atoms with Crippen LogP contribution in [0.3, 0.4) is 0 Å². The lowest BCUT2D eigenvalue weighted by atomic mass is 10.1. The van der Waals surface area contributed by atoms with E-state index >= 15 is 0 Å². The van der Waals surface area contributed by atoms with Crippen molar-refractivity contribution in [1.29, 1.82) is 0 Å². The van der Waals surface area contributed by atoms with Gasteiger partial charge < -0.3 is 19.2 Å². The number of nitrogens with one attached hydrogen (secondary N) is 1. The van der Waals surface area contributed by atoms with Crippen molar-refractivity contribution in [2.24, 2.45) is 0 Å². The third kappa shape index (κ3) is 5.28. The minimum atomic E-state index is -1.02. The molecule has 0 saturated carbocycles. The van der Waals surface area contributed by atoms with Gasteiger partial charge >= 0.3 is 5.97 Å². The second kappa shape index (κ2) is 9.15. The maximum atomic E-state index is 12.1. The van der Waals surface area contributed by atoms with Crippen LogP contribution >= 0.6 is 11.6 Å². The smallest absolute Gasteiger partial charge is 0.375 e. The Morgan fingerprint density at radius 3 is 2.70 bits per heavy atom. The Labute approximate surface area is 159 Å². The number of amides is 1. The van der Waals surface area contributed by atoms with Gasteiger partial charge in [-0.05, 0) is 25.1 Å². The van der Waals surface area contributed by atoms with E-state index in [0.29, 0.717) is 18.7 Å². The molecule has 2 aromatic rings. The molecule has 1 amide bonds. The number of rotatable bonds is 8. The van der Waals surface area contributed by atoms with E-state index in [4.69, 9.17) is 25.5 Å². The van der Waals surface area contributed by atoms with E-state index in [9.17, 15) is 19.7 Å². The molecule has 144 valence electrons. The lowest BCUT2D eigenvalue weighted by molar-refractivity contribution is -0.384. The summed E-state index contributed by atoms with van der Waals surface area (Å²) in [6.45, 7) is 2.06. The number of hydrogen-bond acceptors (Lipinski definition) is 7. The number of nitro groups is 1. The van der Waals surface area contributed by atoms with Crippen molar-refractivity contribution in [2.45, 2.75) is 13.0 Å². The number of methoxy groups -OCH3 is 1. The third-order valence-corrected chi connectivity index (χ3v) is 3.81. The summed E-state index contributed by atoms with van der Waals surface area (Å²) in [5.74, 6) is -1.19. The number of ether oxygens (including phenoxy) is 2. The van der Waals surface area contributed by atoms with Crippen LogP contribution in [0.15, 0.2) is 34.7 Å². The molecular formula is C17H17ClN2O7. The Hall–Kier alpha value is -2.91. The summed E-state index contributed by atoms with van der Waals surface area (Å²) >= 11 is 6.04. The number of furan rings is 1. The minimum Gasteiger partial charge on any atom is -0.449 e. The van der Waals surface area contributed by atoms with Crippen molar-refractivity contribution in [3.05, 3.63) is 51.2 Å². The summed E-state index contributed by atoms with van der Waals surface area (Å²) in [6.07, 6.45) is -1.02. The van der Waals surface area contributed by atoms with Crippen molar-refractivity contribution >= 4 is 29.2 Å². The van der Waals surface area contributed by atoms with E-state index < -0.39 is 22.9 Å². The molecule has 0 unspecified atom stereocenters. The number of carbonyl (C=O) groups excluding carboxylic acids is 2. The zero-order valence-electron chi connectivity index (χ0n) is 14.6. The average molecular weight is 397 g/mol. The summed E-state index contributed by atoms with van der Waals surface area (Å²) < 4.78 is 15.3. The van der Waals surface area contributed by atoms with Crippen LogP contribution in [0.2, 0.25) is 5.02 Å². The predicted molar refractivity (Wildman–Crippen MR) is 95.6 cm³/mol. The number of benzene rings is 1. The van der Waals surface area contributed by atoms with Crippen LogP contribution in [0.4, 0.5) is 5.69 Å². The molecule has 0 aliphatic heterocycles. The largest absolute Gasteiger partial charge is 0.449 e. The van der Waals surface area contributed by atoms with E-state index in [1.807, 2.05) is 0 Å². The highest BCUT2D eigenvalue weighted by molar-refractivity contribution is 6.33. The Bertz CT molecular complexity index is 850. The van der Waals surface area contributed by atoms with Gasteiger partial charge in [-0.25, -0.2) is 4.79 Å². The Balaban J connectivity index is 2.05. The summed E-state index contributed by atoms with van der Waals surface area (Å²) in [5, 5.41) is 13.4. The SMILES string of the molecule is COCCNC(=O)[C@@H](C)OC(=O)c1ccc(-c2ccc([N+](=O)[O-])cc2Cl)o1. The lowest BCUT2D eigenvalue weighted by Crippen LogP contribution is -2.37. The van der Waals surface area contributed by atoms with Gasteiger partial charge in [-0.15, -0.1) is 0 Å². The van der Waals surface area contributed by atoms with Crippen LogP contribution in [-0.2, 0) is 14.3 Å². The van der Waals surface area contributed by atoms with Crippen LogP contribution < -0.4 is 5.32 Å². The number of nitro benzene ring substituents is 1. The normalized spacial score (nSPS) is 11.7. The van der Waals surface area contributed by atoms with Gasteiger partial charge in [0.25, 0.3) is 11.6 Å². The van der Waals surface area contributed by atoms with Gasteiger partial charge in [0.2, 0.25) is 5.76 Å². The highest BCUT2D eigenvalue weighted by atomic mass is 35.5. The van der Waals surface area contributed by atoms with Gasteiger partial charge in [-0.2, -0.15) is 0 Å². The van der Waals surface area contributed by atoms with Crippen LogP contribution in [0.25, 0.3) is 11.3 Å². The first-order chi connectivity index (χ1) is 12.8. The van der Waals surface area contributed by atoms with Crippen molar-refractivity contribution in [3.8, 4) is 11.3 Å². The monoisotopic (exact) mass is 396 g/mol. The molecule has 0 radical (unpaired) electrons. The van der Waals surface area contributed by atoms with Gasteiger partial charge in [-0.1, -0.05) is 11.6 Å². The molecule has 2 rings (SSSR count). The summed E-state index contributed by atoms with van der Waals surface area (Å²) in [4.78, 5) is 34.1. The first kappa shape index (κ1) is 20.4. The molecule has 0 aliphatic rings. The minimum absolute atomic E-state index is 0.101. The van der Waals surface area contributed by atoms with E-state index in [1.165, 1.54) is 44.4 Å². The molecule has 1 atom stereocenters. The van der Waals surface area contributed by atoms with Gasteiger partial charge in [-0.3, -0.25) is 14.9 Å². The molecule has 0 aliphatic carbocycles. The van der Waals surface area contributed by atoms with Crippen molar-refractivity contribution in [1.82, 2.24) is 5.32 Å². The molecule has 10 heteroatoms. The van der Waals surface area contributed by atoms with Crippen LogP contribution in [-0.4, -0.2) is 43.2 Å². The second-order valence-electron chi connectivity index (χ2n) is 5.42. The molecule has 1 aromatic heterocycles. The number of esters is 1. The van der Waals surface area contributed by atoms with E-state index in [-0.39, 0.29) is 22.2 Å². The molecule has 1 N–H and O–H groups in total. The quantitative estimate of drug-likeness (QED) is 0.315. The number of halogens is 1. The van der Waals surface area contributed by atoms with Crippen molar-refractivity contribution < 1.29 is 28.4 Å². The Morgan fingerprint density at radius 2 is 2.07 bits per heavy atom. The fourth-order valence-corrected chi connectivity index (χ4v) is 2.37. The fourth-order valence-electron chi connectivity index (χ4n) is 2.10. The molecule has 0 fully saturated rings. The standard InChI is InChI=1S/C17H17ClN2O7/c1-10(16(21)19-7-8-25-2)26-17(22)15-6-5-14(27-15)12-4-3-11(20(23)24)9-13(12)18/h3-6,9-10H,7-8H2,1-2H3,(H,19,21)/t10-/m1/s1. The van der Waals surface area contributed by atoms with Crippen LogP contribution in [0.1, 0.15) is 17.5 Å². The highest BCUT2D eigenvalue weighted by Gasteiger charge is 2.22. The third-order valence-electron chi connectivity index (χ3n) is 3.49. The van der Waals surface area contributed by atoms with Crippen LogP contribution in [0.5, 0.6) is 0 Å². The lowest BCUT2D eigenvalue weighted by Gasteiger charge is -2.12. The fraction of sp³-hybridized carbons (Fsp3) is 0.294. The molecule has 9 nitrogen and oxygen atoms in total. The summed E-state index contributed by atoms with van der Waals surface area (Å²) in [7, 11) is 1.50. The maximum absolute atomic E-state index is 12.1. The molecular weight excluding hydrogens is 380 g/mol. The predicted octanol–water partition coefficient (Wildman–Crippen LogP) is 2.82. The Kier molecular flexibility index (Phi) is 6.91. The average Bonchev–Trinajstić information content (AvgIpc) is 3.11. The van der Waals surface area contributed by atoms with E-state index in [2.05, 4.69) is 5.32 Å². The topological polar surface area (TPSA) is 121 Å². The number of non-ortho nitro benzene ring substituents is 1. The van der Waals surface area contributed by atoms with Crippen molar-refractivity contribution in [2.75, 3.05) is 20.3 Å². The first-order valence-electron chi connectivity index (χ1n) is 7.85. The zero-order chi connectivity index (χ0) is 20.0. The number of nitrogens with zero attached hydrogens (tertiary/aromatic N) is 1. The number of carbonyl (C=O) groups is 2. The molecule has 27 heavy (non-hydrogen) atoms. The molecule has 0 spiro atoms. The molecule has 1 heterocycles. The summed E-state index contributed by atoms with van der Waals surface area (Å²) in [5.41, 5.74) is 0.218. The second-order valence-corrected chi connectivity index (χ2v) is 5.82. The van der Waals surface area contributed by atoms with Gasteiger partial charge in [0, 0.05) is 31.4 Å². The highest BCUT2D eigenvalue weighted by Crippen LogP contribution is 2.32. The zero-order valence-corrected chi connectivity index (χ0v) is 15.3. The number of hydrogen-bond donors (Lipinski definition) is 1. The van der Waals surface area contributed by atoms with Gasteiger partial charge in [0.05, 0.1) is 16.6 Å². The van der Waals surface area contributed by atoms with Crippen LogP contribution in [0, 0.1) is 10.1 Å². The molecule has 0 bridgehead atoms. The molecule has 1 aromatic carbocycles. The van der Waals surface area contributed by atoms with Gasteiger partial charge in [0.1, 0.15) is 5.76 Å². The van der Waals surface area contributed by atoms with E-state index in [0.717, 1.165) is 0 Å². The summed E-state index contributed by atoms with van der Waals surface area (Å²) in [6, 6.07) is 6.72. The Morgan fingerprint density at radius 1 is 1.33 bits per heavy atom. The van der Waals surface area contributed by atoms with Gasteiger partial charge in [0.15, 0.2) is 6.10 Å².